The molecule has 0 spiro atoms. The van der Waals surface area contributed by atoms with Gasteiger partial charge in [-0.1, -0.05) is 0 Å². The van der Waals surface area contributed by atoms with Gasteiger partial charge in [-0.3, -0.25) is 0 Å². The molecule has 0 unspecified atom stereocenters. The summed E-state index contributed by atoms with van der Waals surface area (Å²) in [6, 6.07) is 7.51. The van der Waals surface area contributed by atoms with Gasteiger partial charge in [0.1, 0.15) is 0 Å². The molecule has 3 atom stereocenters. The van der Waals surface area contributed by atoms with E-state index in [-0.39, 0.29) is 56.9 Å². The molecule has 1 aliphatic carbocycles. The van der Waals surface area contributed by atoms with Gasteiger partial charge in [0.05, 0.1) is 0 Å². The molecule has 0 radical (unpaired) electrons. The second-order valence-electron chi connectivity index (χ2n) is 10.8. The van der Waals surface area contributed by atoms with Crippen LogP contribution in [0.5, 0.6) is 0 Å². The van der Waals surface area contributed by atoms with E-state index in [1.165, 1.54) is 18.2 Å². The molecule has 1 aliphatic heterocycles. The number of alkyl halides is 2. The van der Waals surface area contributed by atoms with Crippen LogP contribution in [0.25, 0.3) is 22.6 Å². The van der Waals surface area contributed by atoms with Crippen LogP contribution in [-0.4, -0.2) is 61.7 Å². The van der Waals surface area contributed by atoms with Crippen LogP contribution in [0.3, 0.4) is 0 Å². The number of benzene rings is 1. The van der Waals surface area contributed by atoms with Crippen LogP contribution in [0.15, 0.2) is 42.7 Å². The van der Waals surface area contributed by atoms with Gasteiger partial charge in [0.25, 0.3) is 0 Å². The van der Waals surface area contributed by atoms with Crippen molar-refractivity contribution in [2.75, 3.05) is 15.5 Å². The van der Waals surface area contributed by atoms with Crippen LogP contribution in [0.4, 0.5) is 8.78 Å². The van der Waals surface area contributed by atoms with E-state index < -0.39 is 23.2 Å². The average molecular weight is 645 g/mol. The summed E-state index contributed by atoms with van der Waals surface area (Å²) in [5.74, 6) is -1.16. The van der Waals surface area contributed by atoms with Crippen molar-refractivity contribution in [3.8, 4) is 22.6 Å². The monoisotopic (exact) mass is 645 g/mol. The predicted molar refractivity (Wildman–Crippen MR) is 136 cm³/mol. The van der Waals surface area contributed by atoms with E-state index in [0.717, 1.165) is 31.5 Å². The summed E-state index contributed by atoms with van der Waals surface area (Å²) in [6.45, 7) is 6.14. The first-order chi connectivity index (χ1) is 18.7. The number of fused-ring (bicyclic) bond motifs is 5. The zero-order valence-electron chi connectivity index (χ0n) is 21.7. The third-order valence-electron chi connectivity index (χ3n) is 8.26. The van der Waals surface area contributed by atoms with Crippen LogP contribution >= 0.6 is 0 Å². The van der Waals surface area contributed by atoms with Crippen LogP contribution in [-0.2, 0) is 12.0 Å². The van der Waals surface area contributed by atoms with E-state index >= 15 is 0 Å². The van der Waals surface area contributed by atoms with Crippen molar-refractivity contribution in [2.24, 2.45) is 5.41 Å². The van der Waals surface area contributed by atoms with Crippen molar-refractivity contribution >= 4 is 0 Å². The standard InChI is InChI=1S/C28H28F2IN6O2/c1-15-7-21(36-37(15)12-16(39)13-38)23-10-32-11-24(33-23)28-14-31-9-18(27(28,2)3)17-8-22(34-35-26(17)28)25-19(29)5-4-6-20(25)30/h4-8,10-11,16,18,38-39H,9,12-14H2,1-3H3/q-1/t16-,18-,28-/m0/s1. The van der Waals surface area contributed by atoms with Crippen molar-refractivity contribution in [2.45, 2.75) is 44.8 Å². The topological polar surface area (TPSA) is 110 Å². The molecule has 1 fully saturated rings. The number of aliphatic hydroxyl groups excluding tert-OH is 2. The third-order valence-corrected chi connectivity index (χ3v) is 11.4. The molecule has 1 saturated heterocycles. The van der Waals surface area contributed by atoms with Crippen LogP contribution in [0.2, 0.25) is 0 Å². The quantitative estimate of drug-likeness (QED) is 0.229. The number of halogens is 3. The number of hydrogen-bond donors (Lipinski definition) is 2. The molecule has 0 amide bonds. The second kappa shape index (κ2) is 9.63. The number of hydrogen-bond acceptors (Lipinski definition) is 7. The minimum atomic E-state index is -0.909. The third kappa shape index (κ3) is 4.00. The van der Waals surface area contributed by atoms with Gasteiger partial charge in [-0.05, 0) is 0 Å². The number of aryl methyl sites for hydroxylation is 1. The minimum absolute atomic E-state index is 0.157. The maximum absolute atomic E-state index is 14.6. The Morgan fingerprint density at radius 3 is 2.62 bits per heavy atom. The summed E-state index contributed by atoms with van der Waals surface area (Å²) in [5, 5.41) is 32.7. The molecule has 0 saturated carbocycles. The number of aliphatic hydroxyl groups is 2. The maximum atomic E-state index is 14.6. The number of aromatic nitrogens is 6. The first-order valence-corrected chi connectivity index (χ1v) is 15.7. The Hall–Kier alpha value is -2.90. The van der Waals surface area contributed by atoms with Crippen LogP contribution in [0, 0.1) is 24.0 Å². The Kier molecular flexibility index (Phi) is 6.50. The van der Waals surface area contributed by atoms with Gasteiger partial charge in [0.2, 0.25) is 0 Å². The van der Waals surface area contributed by atoms with E-state index in [2.05, 4.69) is 34.1 Å². The Bertz CT molecular complexity index is 1560. The summed E-state index contributed by atoms with van der Waals surface area (Å²) in [6.07, 6.45) is 2.55. The first kappa shape index (κ1) is 26.3. The zero-order chi connectivity index (χ0) is 27.5. The van der Waals surface area contributed by atoms with Gasteiger partial charge in [0, 0.05) is 0 Å². The average Bonchev–Trinajstić information content (AvgIpc) is 3.27. The van der Waals surface area contributed by atoms with E-state index in [1.807, 2.05) is 19.1 Å². The summed E-state index contributed by atoms with van der Waals surface area (Å²) >= 11 is -0.198. The Labute approximate surface area is 234 Å². The van der Waals surface area contributed by atoms with Gasteiger partial charge in [0.15, 0.2) is 0 Å². The summed E-state index contributed by atoms with van der Waals surface area (Å²) in [4.78, 5) is 9.63. The van der Waals surface area contributed by atoms with Crippen molar-refractivity contribution < 1.29 is 40.2 Å². The molecule has 11 heteroatoms. The number of rotatable bonds is 6. The molecule has 4 heterocycles. The molecular formula is C28H28F2IN6O2-. The molecular weight excluding hydrogens is 617 g/mol. The normalized spacial score (nSPS) is 22.3. The summed E-state index contributed by atoms with van der Waals surface area (Å²) < 4.78 is 32.8. The van der Waals surface area contributed by atoms with Gasteiger partial charge in [-0.2, -0.15) is 0 Å². The summed E-state index contributed by atoms with van der Waals surface area (Å²) in [7, 11) is 0. The molecule has 2 aliphatic rings. The SMILES string of the molecule is Cc1cc(-c2cncc([C@@]34C[I-]C[C@@H](c5cc(-c6c(F)cccc6F)nnc53)C4(C)C)n2)nn1C[C@H](O)CO. The second-order valence-corrected chi connectivity index (χ2v) is 13.5. The van der Waals surface area contributed by atoms with E-state index in [9.17, 15) is 19.0 Å². The fourth-order valence-electron chi connectivity index (χ4n) is 5.97. The molecule has 1 aromatic carbocycles. The predicted octanol–water partition coefficient (Wildman–Crippen LogP) is 0.249. The van der Waals surface area contributed by atoms with Gasteiger partial charge in [-0.25, -0.2) is 0 Å². The molecule has 204 valence electrons. The van der Waals surface area contributed by atoms with E-state index in [4.69, 9.17) is 4.98 Å². The molecule has 39 heavy (non-hydrogen) atoms. The van der Waals surface area contributed by atoms with Crippen molar-refractivity contribution in [3.05, 3.63) is 77.0 Å². The molecule has 6 rings (SSSR count). The number of nitrogens with zero attached hydrogens (tertiary/aromatic N) is 6. The Morgan fingerprint density at radius 1 is 1.10 bits per heavy atom. The fraction of sp³-hybridized carbons (Fsp3) is 0.393. The molecule has 3 aromatic heterocycles. The molecule has 2 N–H and O–H groups in total. The van der Waals surface area contributed by atoms with Crippen LogP contribution in [0.1, 0.15) is 42.4 Å². The van der Waals surface area contributed by atoms with Crippen LogP contribution < -0.4 is 21.2 Å². The van der Waals surface area contributed by atoms with Crippen molar-refractivity contribution in [3.63, 3.8) is 0 Å². The van der Waals surface area contributed by atoms with Crippen molar-refractivity contribution in [1.82, 2.24) is 29.9 Å². The van der Waals surface area contributed by atoms with Gasteiger partial charge in [-0.15, -0.1) is 0 Å². The Morgan fingerprint density at radius 2 is 1.87 bits per heavy atom. The Balaban J connectivity index is 1.47. The van der Waals surface area contributed by atoms with Crippen molar-refractivity contribution in [1.29, 1.82) is 0 Å². The first-order valence-electron chi connectivity index (χ1n) is 12.7. The molecule has 8 nitrogen and oxygen atoms in total. The zero-order valence-corrected chi connectivity index (χ0v) is 23.9. The van der Waals surface area contributed by atoms with Gasteiger partial charge < -0.3 is 0 Å². The summed E-state index contributed by atoms with van der Waals surface area (Å²) in [5.41, 5.74) is 3.87. The fourth-order valence-corrected chi connectivity index (χ4v) is 11.0. The molecule has 2 bridgehead atoms. The van der Waals surface area contributed by atoms with E-state index in [0.29, 0.717) is 11.4 Å². The van der Waals surface area contributed by atoms with E-state index in [1.54, 1.807) is 17.1 Å². The van der Waals surface area contributed by atoms with Gasteiger partial charge >= 0.3 is 235 Å². The molecule has 4 aromatic rings.